The summed E-state index contributed by atoms with van der Waals surface area (Å²) in [6.07, 6.45) is 0.185. The van der Waals surface area contributed by atoms with Crippen LogP contribution in [0.5, 0.6) is 0 Å². The number of carbonyl (C=O) groups is 1. The highest BCUT2D eigenvalue weighted by atomic mass is 16.4. The zero-order valence-corrected chi connectivity index (χ0v) is 9.84. The molecule has 17 heavy (non-hydrogen) atoms. The van der Waals surface area contributed by atoms with Gasteiger partial charge in [0.15, 0.2) is 0 Å². The number of aliphatic carboxylic acids is 1. The lowest BCUT2D eigenvalue weighted by atomic mass is 9.76. The normalized spacial score (nSPS) is 14.2. The molecule has 5 N–H and O–H groups in total. The van der Waals surface area contributed by atoms with Gasteiger partial charge in [-0.05, 0) is 24.9 Å². The molecule has 6 heteroatoms. The first kappa shape index (κ1) is 13.7. The first-order chi connectivity index (χ1) is 7.74. The molecule has 0 aliphatic carbocycles. The molecule has 0 amide bonds. The SMILES string of the molecule is Cc1cc(C[C@](C)(N)C(=O)O)ccc1B(O)O. The third-order valence-electron chi connectivity index (χ3n) is 2.67. The zero-order valence-electron chi connectivity index (χ0n) is 9.84. The number of hydrogen-bond acceptors (Lipinski definition) is 4. The van der Waals surface area contributed by atoms with Crippen LogP contribution in [0.3, 0.4) is 0 Å². The van der Waals surface area contributed by atoms with E-state index in [9.17, 15) is 4.79 Å². The third-order valence-corrected chi connectivity index (χ3v) is 2.67. The van der Waals surface area contributed by atoms with Crippen molar-refractivity contribution in [1.29, 1.82) is 0 Å². The minimum absolute atomic E-state index is 0.185. The molecule has 0 radical (unpaired) electrons. The van der Waals surface area contributed by atoms with Crippen LogP contribution in [0.15, 0.2) is 18.2 Å². The monoisotopic (exact) mass is 237 g/mol. The average molecular weight is 237 g/mol. The van der Waals surface area contributed by atoms with Gasteiger partial charge in [-0.25, -0.2) is 0 Å². The topological polar surface area (TPSA) is 104 Å². The second-order valence-electron chi connectivity index (χ2n) is 4.46. The van der Waals surface area contributed by atoms with Crippen LogP contribution >= 0.6 is 0 Å². The minimum atomic E-state index is -1.52. The molecule has 0 aliphatic rings. The Balaban J connectivity index is 2.96. The van der Waals surface area contributed by atoms with Crippen LogP contribution in [-0.2, 0) is 11.2 Å². The quantitative estimate of drug-likeness (QED) is 0.504. The lowest BCUT2D eigenvalue weighted by Crippen LogP contribution is -2.46. The highest BCUT2D eigenvalue weighted by Gasteiger charge is 2.28. The van der Waals surface area contributed by atoms with Crippen LogP contribution in [0.4, 0.5) is 0 Å². The fourth-order valence-corrected chi connectivity index (χ4v) is 1.64. The van der Waals surface area contributed by atoms with E-state index in [4.69, 9.17) is 20.9 Å². The third kappa shape index (κ3) is 3.29. The van der Waals surface area contributed by atoms with Gasteiger partial charge in [-0.1, -0.05) is 23.8 Å². The van der Waals surface area contributed by atoms with Crippen molar-refractivity contribution in [2.24, 2.45) is 5.73 Å². The van der Waals surface area contributed by atoms with Gasteiger partial charge in [0.1, 0.15) is 5.54 Å². The maximum Gasteiger partial charge on any atom is 0.488 e. The summed E-state index contributed by atoms with van der Waals surface area (Å²) in [5.41, 5.74) is 6.16. The van der Waals surface area contributed by atoms with Crippen molar-refractivity contribution >= 4 is 18.6 Å². The van der Waals surface area contributed by atoms with Crippen molar-refractivity contribution in [3.05, 3.63) is 29.3 Å². The van der Waals surface area contributed by atoms with Gasteiger partial charge in [0.05, 0.1) is 0 Å². The van der Waals surface area contributed by atoms with Gasteiger partial charge in [-0.2, -0.15) is 0 Å². The van der Waals surface area contributed by atoms with Crippen molar-refractivity contribution < 1.29 is 19.9 Å². The van der Waals surface area contributed by atoms with Crippen LogP contribution in [0.2, 0.25) is 0 Å². The van der Waals surface area contributed by atoms with Crippen LogP contribution in [0.1, 0.15) is 18.1 Å². The fourth-order valence-electron chi connectivity index (χ4n) is 1.64. The zero-order chi connectivity index (χ0) is 13.2. The van der Waals surface area contributed by atoms with Crippen LogP contribution in [0.25, 0.3) is 0 Å². The molecule has 0 fully saturated rings. The van der Waals surface area contributed by atoms with E-state index >= 15 is 0 Å². The molecule has 5 nitrogen and oxygen atoms in total. The second-order valence-corrected chi connectivity index (χ2v) is 4.46. The molecule has 0 spiro atoms. The molecule has 0 aromatic heterocycles. The first-order valence-corrected chi connectivity index (χ1v) is 5.22. The Bertz CT molecular complexity index is 431. The average Bonchev–Trinajstić information content (AvgIpc) is 2.15. The molecule has 1 aromatic rings. The van der Waals surface area contributed by atoms with Gasteiger partial charge in [0, 0.05) is 6.42 Å². The molecule has 1 atom stereocenters. The van der Waals surface area contributed by atoms with Gasteiger partial charge >= 0.3 is 13.1 Å². The molecule has 0 saturated heterocycles. The molecular formula is C11H16BNO4. The summed E-state index contributed by atoms with van der Waals surface area (Å²) in [4.78, 5) is 10.9. The summed E-state index contributed by atoms with van der Waals surface area (Å²) in [6.45, 7) is 3.17. The number of carboxylic acids is 1. The van der Waals surface area contributed by atoms with Crippen molar-refractivity contribution in [1.82, 2.24) is 0 Å². The van der Waals surface area contributed by atoms with Gasteiger partial charge in [0.2, 0.25) is 0 Å². The molecule has 92 valence electrons. The first-order valence-electron chi connectivity index (χ1n) is 5.22. The van der Waals surface area contributed by atoms with Gasteiger partial charge in [-0.15, -0.1) is 0 Å². The second kappa shape index (κ2) is 4.87. The Labute approximate surface area is 100 Å². The van der Waals surface area contributed by atoms with E-state index in [1.807, 2.05) is 0 Å². The molecule has 0 heterocycles. The predicted molar refractivity (Wildman–Crippen MR) is 64.9 cm³/mol. The number of carboxylic acid groups (broad SMARTS) is 1. The van der Waals surface area contributed by atoms with Crippen LogP contribution < -0.4 is 11.2 Å². The van der Waals surface area contributed by atoms with E-state index in [0.29, 0.717) is 11.0 Å². The molecule has 0 saturated carbocycles. The van der Waals surface area contributed by atoms with E-state index in [1.54, 1.807) is 25.1 Å². The Kier molecular flexibility index (Phi) is 3.92. The highest BCUT2D eigenvalue weighted by Crippen LogP contribution is 2.12. The molecule has 0 aliphatic heterocycles. The maximum atomic E-state index is 10.9. The summed E-state index contributed by atoms with van der Waals surface area (Å²) in [5.74, 6) is -1.07. The van der Waals surface area contributed by atoms with Crippen molar-refractivity contribution in [2.75, 3.05) is 0 Å². The van der Waals surface area contributed by atoms with Gasteiger partial charge in [-0.3, -0.25) is 4.79 Å². The fraction of sp³-hybridized carbons (Fsp3) is 0.364. The lowest BCUT2D eigenvalue weighted by Gasteiger charge is -2.19. The predicted octanol–water partition coefficient (Wildman–Crippen LogP) is -0.981. The Morgan fingerprint density at radius 1 is 1.47 bits per heavy atom. The summed E-state index contributed by atoms with van der Waals surface area (Å²) in [5, 5.41) is 27.0. The summed E-state index contributed by atoms with van der Waals surface area (Å²) in [7, 11) is -1.52. The Morgan fingerprint density at radius 3 is 2.47 bits per heavy atom. The maximum absolute atomic E-state index is 10.9. The summed E-state index contributed by atoms with van der Waals surface area (Å²) < 4.78 is 0. The molecule has 0 unspecified atom stereocenters. The Morgan fingerprint density at radius 2 is 2.06 bits per heavy atom. The number of hydrogen-bond donors (Lipinski definition) is 4. The van der Waals surface area contributed by atoms with Gasteiger partial charge in [0.25, 0.3) is 0 Å². The van der Waals surface area contributed by atoms with Crippen LogP contribution in [0, 0.1) is 6.92 Å². The summed E-state index contributed by atoms with van der Waals surface area (Å²) in [6, 6.07) is 4.92. The van der Waals surface area contributed by atoms with Gasteiger partial charge < -0.3 is 20.9 Å². The van der Waals surface area contributed by atoms with E-state index in [0.717, 1.165) is 5.56 Å². The smallest absolute Gasteiger partial charge is 0.480 e. The van der Waals surface area contributed by atoms with E-state index in [2.05, 4.69) is 0 Å². The molecule has 0 bridgehead atoms. The Hall–Kier alpha value is -1.37. The number of aryl methyl sites for hydroxylation is 1. The van der Waals surface area contributed by atoms with Crippen molar-refractivity contribution in [3.63, 3.8) is 0 Å². The van der Waals surface area contributed by atoms with Crippen molar-refractivity contribution in [3.8, 4) is 0 Å². The largest absolute Gasteiger partial charge is 0.488 e. The number of nitrogens with two attached hydrogens (primary N) is 1. The highest BCUT2D eigenvalue weighted by molar-refractivity contribution is 6.59. The van der Waals surface area contributed by atoms with E-state index in [-0.39, 0.29) is 6.42 Å². The number of benzene rings is 1. The number of rotatable bonds is 4. The van der Waals surface area contributed by atoms with Crippen molar-refractivity contribution in [2.45, 2.75) is 25.8 Å². The van der Waals surface area contributed by atoms with Crippen LogP contribution in [-0.4, -0.2) is 33.8 Å². The standard InChI is InChI=1S/C11H16BNO4/c1-7-5-8(3-4-9(7)12(16)17)6-11(2,13)10(14)15/h3-5,16-17H,6,13H2,1-2H3,(H,14,15)/t11-/m0/s1. The summed E-state index contributed by atoms with van der Waals surface area (Å²) >= 11 is 0. The van der Waals surface area contributed by atoms with E-state index < -0.39 is 18.6 Å². The lowest BCUT2D eigenvalue weighted by molar-refractivity contribution is -0.142. The van der Waals surface area contributed by atoms with E-state index in [1.165, 1.54) is 6.92 Å². The molecule has 1 rings (SSSR count). The molecular weight excluding hydrogens is 221 g/mol. The molecule has 1 aromatic carbocycles. The minimum Gasteiger partial charge on any atom is -0.480 e.